The van der Waals surface area contributed by atoms with Gasteiger partial charge in [0.1, 0.15) is 5.82 Å². The first kappa shape index (κ1) is 19.4. The van der Waals surface area contributed by atoms with Crippen molar-refractivity contribution in [2.24, 2.45) is 0 Å². The number of hydrogen-bond donors (Lipinski definition) is 3. The second-order valence-electron chi connectivity index (χ2n) is 7.91. The first-order chi connectivity index (χ1) is 15.1. The number of nitrogens with one attached hydrogen (secondary N) is 3. The molecule has 1 fully saturated rings. The Hall–Kier alpha value is -3.59. The van der Waals surface area contributed by atoms with Gasteiger partial charge in [0.05, 0.1) is 11.7 Å². The summed E-state index contributed by atoms with van der Waals surface area (Å²) in [5, 5.41) is 10.1. The van der Waals surface area contributed by atoms with E-state index in [0.29, 0.717) is 23.0 Å². The topological polar surface area (TPSA) is 103 Å². The lowest BCUT2D eigenvalue weighted by Crippen LogP contribution is -2.26. The zero-order chi connectivity index (χ0) is 21.4. The lowest BCUT2D eigenvalue weighted by atomic mass is 10.1. The molecule has 5 rings (SSSR count). The van der Waals surface area contributed by atoms with Gasteiger partial charge in [-0.15, -0.1) is 0 Å². The highest BCUT2D eigenvalue weighted by molar-refractivity contribution is 6.03. The van der Waals surface area contributed by atoms with Crippen LogP contribution in [0, 0.1) is 5.82 Å². The summed E-state index contributed by atoms with van der Waals surface area (Å²) in [7, 11) is 0. The van der Waals surface area contributed by atoms with Crippen LogP contribution >= 0.6 is 0 Å². The van der Waals surface area contributed by atoms with Gasteiger partial charge >= 0.3 is 0 Å². The second-order valence-corrected chi connectivity index (χ2v) is 7.91. The largest absolute Gasteiger partial charge is 0.357 e. The van der Waals surface area contributed by atoms with Crippen LogP contribution in [0.3, 0.4) is 0 Å². The summed E-state index contributed by atoms with van der Waals surface area (Å²) < 4.78 is 14.5. The van der Waals surface area contributed by atoms with Gasteiger partial charge in [0.25, 0.3) is 5.91 Å². The normalized spacial score (nSPS) is 16.8. The van der Waals surface area contributed by atoms with Crippen LogP contribution in [0.15, 0.2) is 43.0 Å². The van der Waals surface area contributed by atoms with Crippen molar-refractivity contribution in [3.63, 3.8) is 0 Å². The monoisotopic (exact) mass is 419 g/mol. The van der Waals surface area contributed by atoms with Gasteiger partial charge in [-0.25, -0.2) is 14.4 Å². The van der Waals surface area contributed by atoms with Gasteiger partial charge in [-0.05, 0) is 38.4 Å². The maximum absolute atomic E-state index is 14.5. The number of carbonyl (C=O) groups excluding carboxylic acids is 1. The molecule has 158 valence electrons. The molecule has 3 N–H and O–H groups in total. The first-order valence-corrected chi connectivity index (χ1v) is 10.2. The minimum atomic E-state index is -0.709. The van der Waals surface area contributed by atoms with Crippen molar-refractivity contribution in [3.8, 4) is 11.1 Å². The molecule has 0 bridgehead atoms. The molecule has 9 heteroatoms. The van der Waals surface area contributed by atoms with Crippen molar-refractivity contribution in [3.05, 3.63) is 60.2 Å². The van der Waals surface area contributed by atoms with Gasteiger partial charge < -0.3 is 10.3 Å². The molecule has 4 aromatic heterocycles. The Morgan fingerprint density at radius 1 is 1.23 bits per heavy atom. The van der Waals surface area contributed by atoms with E-state index in [1.165, 1.54) is 25.1 Å². The van der Waals surface area contributed by atoms with Crippen LogP contribution in [0.5, 0.6) is 0 Å². The number of nitrogens with zero attached hydrogens (tertiary/aromatic N) is 4. The van der Waals surface area contributed by atoms with Crippen LogP contribution in [0.1, 0.15) is 35.9 Å². The Balaban J connectivity index is 1.32. The third-order valence-corrected chi connectivity index (χ3v) is 5.75. The molecule has 0 saturated carbocycles. The second kappa shape index (κ2) is 7.92. The molecule has 4 aromatic rings. The molecule has 0 aromatic carbocycles. The number of likely N-dealkylation sites (tertiary alicyclic amines) is 1. The average Bonchev–Trinajstić information content (AvgIpc) is 3.49. The predicted molar refractivity (Wildman–Crippen MR) is 115 cm³/mol. The van der Waals surface area contributed by atoms with Gasteiger partial charge in [-0.3, -0.25) is 14.8 Å². The number of hydrogen-bond acceptors (Lipinski definition) is 5. The van der Waals surface area contributed by atoms with E-state index in [9.17, 15) is 9.18 Å². The smallest absolute Gasteiger partial charge is 0.278 e. The van der Waals surface area contributed by atoms with E-state index < -0.39 is 11.7 Å². The number of halogens is 1. The van der Waals surface area contributed by atoms with Crippen molar-refractivity contribution >= 4 is 22.6 Å². The van der Waals surface area contributed by atoms with Crippen LogP contribution in [0.25, 0.3) is 22.0 Å². The SMILES string of the molecule is C[C@H]1CCCN1Cc1cc2cnc(NC(=O)c3ncc(-c4cn[nH]c4)cc3F)cc2[nH]1. The molecule has 5 heterocycles. The third-order valence-electron chi connectivity index (χ3n) is 5.75. The molecule has 0 unspecified atom stereocenters. The number of aromatic amines is 2. The molecule has 1 aliphatic heterocycles. The summed E-state index contributed by atoms with van der Waals surface area (Å²) in [4.78, 5) is 26.7. The standard InChI is InChI=1S/C22H22FN7O/c1-13-3-2-4-30(13)12-17-5-15-9-24-20(7-19(15)28-17)29-22(31)21-18(23)6-14(8-25-21)16-10-26-27-11-16/h5-11,13,28H,2-4,12H2,1H3,(H,26,27)(H,24,29,31)/t13-/m0/s1. The molecule has 1 aliphatic rings. The van der Waals surface area contributed by atoms with Gasteiger partial charge in [0, 0.05) is 59.5 Å². The Morgan fingerprint density at radius 2 is 2.13 bits per heavy atom. The van der Waals surface area contributed by atoms with Crippen molar-refractivity contribution in [2.45, 2.75) is 32.4 Å². The number of anilines is 1. The van der Waals surface area contributed by atoms with Crippen LogP contribution < -0.4 is 5.32 Å². The minimum Gasteiger partial charge on any atom is -0.357 e. The molecule has 8 nitrogen and oxygen atoms in total. The number of pyridine rings is 2. The Bertz CT molecular complexity index is 1230. The van der Waals surface area contributed by atoms with Crippen LogP contribution in [-0.2, 0) is 6.54 Å². The average molecular weight is 419 g/mol. The highest BCUT2D eigenvalue weighted by Gasteiger charge is 2.21. The summed E-state index contributed by atoms with van der Waals surface area (Å²) in [6, 6.07) is 5.68. The number of amides is 1. The number of rotatable bonds is 5. The van der Waals surface area contributed by atoms with E-state index in [1.54, 1.807) is 24.7 Å². The zero-order valence-electron chi connectivity index (χ0n) is 17.0. The quantitative estimate of drug-likeness (QED) is 0.458. The minimum absolute atomic E-state index is 0.288. The summed E-state index contributed by atoms with van der Waals surface area (Å²) in [6.07, 6.45) is 8.79. The van der Waals surface area contributed by atoms with Crippen LogP contribution in [-0.4, -0.2) is 48.5 Å². The van der Waals surface area contributed by atoms with E-state index in [0.717, 1.165) is 29.7 Å². The van der Waals surface area contributed by atoms with E-state index in [1.807, 2.05) is 0 Å². The van der Waals surface area contributed by atoms with E-state index in [-0.39, 0.29) is 5.69 Å². The Kier molecular flexibility index (Phi) is 4.95. The third kappa shape index (κ3) is 3.91. The highest BCUT2D eigenvalue weighted by atomic mass is 19.1. The van der Waals surface area contributed by atoms with Gasteiger partial charge in [0.2, 0.25) is 0 Å². The maximum Gasteiger partial charge on any atom is 0.278 e. The Morgan fingerprint density at radius 3 is 2.87 bits per heavy atom. The van der Waals surface area contributed by atoms with Crippen molar-refractivity contribution < 1.29 is 9.18 Å². The fourth-order valence-electron chi connectivity index (χ4n) is 4.03. The van der Waals surface area contributed by atoms with Gasteiger partial charge in [0.15, 0.2) is 11.5 Å². The fourth-order valence-corrected chi connectivity index (χ4v) is 4.03. The molecule has 1 amide bonds. The van der Waals surface area contributed by atoms with Crippen LogP contribution in [0.2, 0.25) is 0 Å². The van der Waals surface area contributed by atoms with Gasteiger partial charge in [-0.1, -0.05) is 0 Å². The summed E-state index contributed by atoms with van der Waals surface area (Å²) in [5.41, 5.74) is 2.92. The van der Waals surface area contributed by atoms with Crippen molar-refractivity contribution in [2.75, 3.05) is 11.9 Å². The number of fused-ring (bicyclic) bond motifs is 1. The molecular weight excluding hydrogens is 397 g/mol. The Labute approximate surface area is 177 Å². The maximum atomic E-state index is 14.5. The summed E-state index contributed by atoms with van der Waals surface area (Å²) in [6.45, 7) is 4.21. The molecule has 0 spiro atoms. The lowest BCUT2D eigenvalue weighted by Gasteiger charge is -2.19. The predicted octanol–water partition coefficient (Wildman–Crippen LogP) is 3.72. The summed E-state index contributed by atoms with van der Waals surface area (Å²) >= 11 is 0. The molecular formula is C22H22FN7O. The number of H-pyrrole nitrogens is 2. The van der Waals surface area contributed by atoms with Crippen molar-refractivity contribution in [1.82, 2.24) is 30.0 Å². The van der Waals surface area contributed by atoms with Gasteiger partial charge in [-0.2, -0.15) is 5.10 Å². The number of aromatic nitrogens is 5. The first-order valence-electron chi connectivity index (χ1n) is 10.2. The molecule has 31 heavy (non-hydrogen) atoms. The lowest BCUT2D eigenvalue weighted by molar-refractivity contribution is 0.101. The summed E-state index contributed by atoms with van der Waals surface area (Å²) in [5.74, 6) is -1.03. The molecule has 0 aliphatic carbocycles. The number of carbonyl (C=O) groups is 1. The fraction of sp³-hybridized carbons (Fsp3) is 0.273. The zero-order valence-corrected chi connectivity index (χ0v) is 17.0. The van der Waals surface area contributed by atoms with E-state index in [4.69, 9.17) is 0 Å². The van der Waals surface area contributed by atoms with E-state index in [2.05, 4.69) is 48.4 Å². The molecule has 0 radical (unpaired) electrons. The highest BCUT2D eigenvalue weighted by Crippen LogP contribution is 2.23. The van der Waals surface area contributed by atoms with E-state index >= 15 is 0 Å². The van der Waals surface area contributed by atoms with Crippen LogP contribution in [0.4, 0.5) is 10.2 Å². The molecule has 1 atom stereocenters. The molecule has 1 saturated heterocycles. The van der Waals surface area contributed by atoms with Crippen molar-refractivity contribution in [1.29, 1.82) is 0 Å².